The number of aryl methyl sites for hydroxylation is 1. The van der Waals surface area contributed by atoms with Crippen LogP contribution in [0.15, 0.2) is 54.9 Å². The number of fused-ring (bicyclic) bond motifs is 1. The molecule has 0 radical (unpaired) electrons. The SMILES string of the molecule is Cn1cc(Cc2nc3ccc(Oc4ccccc4)nc3s2)cn1. The van der Waals surface area contributed by atoms with Crippen molar-refractivity contribution in [2.45, 2.75) is 6.42 Å². The Morgan fingerprint density at radius 2 is 1.96 bits per heavy atom. The third-order valence-corrected chi connectivity index (χ3v) is 4.32. The quantitative estimate of drug-likeness (QED) is 0.573. The van der Waals surface area contributed by atoms with Gasteiger partial charge in [0.05, 0.1) is 11.2 Å². The Labute approximate surface area is 137 Å². The first-order valence-electron chi connectivity index (χ1n) is 7.23. The number of pyridine rings is 1. The number of hydrogen-bond donors (Lipinski definition) is 0. The maximum absolute atomic E-state index is 5.77. The molecule has 0 atom stereocenters. The van der Waals surface area contributed by atoms with Crippen molar-refractivity contribution in [2.75, 3.05) is 0 Å². The van der Waals surface area contributed by atoms with Crippen molar-refractivity contribution in [3.05, 3.63) is 65.4 Å². The summed E-state index contributed by atoms with van der Waals surface area (Å²) in [6.07, 6.45) is 4.64. The van der Waals surface area contributed by atoms with E-state index in [1.165, 1.54) is 0 Å². The van der Waals surface area contributed by atoms with Crippen LogP contribution in [0.2, 0.25) is 0 Å². The molecule has 4 rings (SSSR count). The van der Waals surface area contributed by atoms with Crippen LogP contribution in [0.4, 0.5) is 0 Å². The lowest BCUT2D eigenvalue weighted by atomic mass is 10.3. The standard InChI is InChI=1S/C17H14N4OS/c1-21-11-12(10-18-21)9-16-19-14-7-8-15(20-17(14)23-16)22-13-5-3-2-4-6-13/h2-8,10-11H,9H2,1H3. The number of benzene rings is 1. The molecule has 3 heterocycles. The van der Waals surface area contributed by atoms with Gasteiger partial charge in [0.1, 0.15) is 16.1 Å². The van der Waals surface area contributed by atoms with Crippen LogP contribution in [0.25, 0.3) is 10.3 Å². The smallest absolute Gasteiger partial charge is 0.220 e. The molecule has 3 aromatic heterocycles. The summed E-state index contributed by atoms with van der Waals surface area (Å²) in [4.78, 5) is 10.1. The highest BCUT2D eigenvalue weighted by Gasteiger charge is 2.09. The molecule has 0 fully saturated rings. The molecular formula is C17H14N4OS. The molecule has 0 unspecified atom stereocenters. The van der Waals surface area contributed by atoms with Gasteiger partial charge in [0.15, 0.2) is 0 Å². The third-order valence-electron chi connectivity index (χ3n) is 3.35. The minimum atomic E-state index is 0.584. The monoisotopic (exact) mass is 322 g/mol. The van der Waals surface area contributed by atoms with Crippen LogP contribution in [0, 0.1) is 0 Å². The Morgan fingerprint density at radius 1 is 1.09 bits per heavy atom. The highest BCUT2D eigenvalue weighted by atomic mass is 32.1. The van der Waals surface area contributed by atoms with Gasteiger partial charge in [-0.3, -0.25) is 4.68 Å². The van der Waals surface area contributed by atoms with Gasteiger partial charge in [0, 0.05) is 25.7 Å². The summed E-state index contributed by atoms with van der Waals surface area (Å²) >= 11 is 1.59. The Hall–Kier alpha value is -2.73. The van der Waals surface area contributed by atoms with E-state index < -0.39 is 0 Å². The Balaban J connectivity index is 1.59. The molecule has 114 valence electrons. The molecular weight excluding hydrogens is 308 g/mol. The molecule has 4 aromatic rings. The number of ether oxygens (including phenoxy) is 1. The average molecular weight is 322 g/mol. The number of nitrogens with zero attached hydrogens (tertiary/aromatic N) is 4. The number of para-hydroxylation sites is 1. The summed E-state index contributed by atoms with van der Waals surface area (Å²) in [6, 6.07) is 13.4. The molecule has 0 spiro atoms. The van der Waals surface area contributed by atoms with Crippen LogP contribution in [0.5, 0.6) is 11.6 Å². The van der Waals surface area contributed by atoms with Crippen molar-refractivity contribution >= 4 is 21.7 Å². The van der Waals surface area contributed by atoms with Crippen molar-refractivity contribution in [1.82, 2.24) is 19.7 Å². The van der Waals surface area contributed by atoms with Gasteiger partial charge >= 0.3 is 0 Å². The molecule has 0 bridgehead atoms. The minimum Gasteiger partial charge on any atom is -0.439 e. The summed E-state index contributed by atoms with van der Waals surface area (Å²) in [5, 5.41) is 5.21. The summed E-state index contributed by atoms with van der Waals surface area (Å²) in [7, 11) is 1.91. The van der Waals surface area contributed by atoms with Crippen LogP contribution >= 0.6 is 11.3 Å². The van der Waals surface area contributed by atoms with Gasteiger partial charge in [-0.1, -0.05) is 29.5 Å². The molecule has 0 N–H and O–H groups in total. The first kappa shape index (κ1) is 13.9. The molecule has 0 aliphatic carbocycles. The second-order valence-electron chi connectivity index (χ2n) is 5.20. The van der Waals surface area contributed by atoms with E-state index in [2.05, 4.69) is 15.1 Å². The number of thiazole rings is 1. The first-order valence-corrected chi connectivity index (χ1v) is 8.05. The van der Waals surface area contributed by atoms with Gasteiger partial charge in [-0.05, 0) is 23.8 Å². The highest BCUT2D eigenvalue weighted by molar-refractivity contribution is 7.18. The van der Waals surface area contributed by atoms with Crippen LogP contribution in [0.1, 0.15) is 10.6 Å². The van der Waals surface area contributed by atoms with E-state index in [1.54, 1.807) is 16.0 Å². The normalized spacial score (nSPS) is 11.0. The topological polar surface area (TPSA) is 52.8 Å². The Bertz CT molecular complexity index is 946. The summed E-state index contributed by atoms with van der Waals surface area (Å²) in [6.45, 7) is 0. The van der Waals surface area contributed by atoms with Crippen molar-refractivity contribution in [2.24, 2.45) is 7.05 Å². The van der Waals surface area contributed by atoms with Gasteiger partial charge in [0.2, 0.25) is 5.88 Å². The molecule has 0 aliphatic rings. The molecule has 0 saturated heterocycles. The predicted octanol–water partition coefficient (Wildman–Crippen LogP) is 3.81. The van der Waals surface area contributed by atoms with E-state index in [0.717, 1.165) is 33.1 Å². The fraction of sp³-hybridized carbons (Fsp3) is 0.118. The molecule has 23 heavy (non-hydrogen) atoms. The van der Waals surface area contributed by atoms with E-state index in [1.807, 2.05) is 61.9 Å². The van der Waals surface area contributed by atoms with Crippen molar-refractivity contribution in [3.63, 3.8) is 0 Å². The lowest BCUT2D eigenvalue weighted by molar-refractivity contribution is 0.465. The van der Waals surface area contributed by atoms with Crippen molar-refractivity contribution < 1.29 is 4.74 Å². The highest BCUT2D eigenvalue weighted by Crippen LogP contribution is 2.26. The summed E-state index contributed by atoms with van der Waals surface area (Å²) in [5.41, 5.74) is 2.04. The summed E-state index contributed by atoms with van der Waals surface area (Å²) < 4.78 is 7.57. The number of rotatable bonds is 4. The summed E-state index contributed by atoms with van der Waals surface area (Å²) in [5.74, 6) is 1.36. The number of aromatic nitrogens is 4. The van der Waals surface area contributed by atoms with Crippen LogP contribution in [-0.2, 0) is 13.5 Å². The second-order valence-corrected chi connectivity index (χ2v) is 6.26. The maximum atomic E-state index is 5.77. The fourth-order valence-corrected chi connectivity index (χ4v) is 3.28. The van der Waals surface area contributed by atoms with E-state index >= 15 is 0 Å². The van der Waals surface area contributed by atoms with Gasteiger partial charge < -0.3 is 4.74 Å². The lowest BCUT2D eigenvalue weighted by Crippen LogP contribution is -1.87. The zero-order valence-electron chi connectivity index (χ0n) is 12.5. The minimum absolute atomic E-state index is 0.584. The Kier molecular flexibility index (Phi) is 3.51. The van der Waals surface area contributed by atoms with Crippen LogP contribution < -0.4 is 4.74 Å². The van der Waals surface area contributed by atoms with E-state index in [0.29, 0.717) is 5.88 Å². The van der Waals surface area contributed by atoms with Gasteiger partial charge in [-0.25, -0.2) is 9.97 Å². The largest absolute Gasteiger partial charge is 0.439 e. The van der Waals surface area contributed by atoms with E-state index in [-0.39, 0.29) is 0 Å². The number of hydrogen-bond acceptors (Lipinski definition) is 5. The van der Waals surface area contributed by atoms with Gasteiger partial charge in [-0.2, -0.15) is 5.10 Å². The lowest BCUT2D eigenvalue weighted by Gasteiger charge is -2.03. The zero-order chi connectivity index (χ0) is 15.6. The van der Waals surface area contributed by atoms with Crippen LogP contribution in [0.3, 0.4) is 0 Å². The molecule has 6 heteroatoms. The molecule has 5 nitrogen and oxygen atoms in total. The van der Waals surface area contributed by atoms with Crippen LogP contribution in [-0.4, -0.2) is 19.7 Å². The molecule has 0 saturated carbocycles. The van der Waals surface area contributed by atoms with Crippen molar-refractivity contribution in [1.29, 1.82) is 0 Å². The third kappa shape index (κ3) is 3.07. The zero-order valence-corrected chi connectivity index (χ0v) is 13.3. The van der Waals surface area contributed by atoms with E-state index in [9.17, 15) is 0 Å². The molecule has 0 amide bonds. The fourth-order valence-electron chi connectivity index (χ4n) is 2.32. The maximum Gasteiger partial charge on any atom is 0.220 e. The Morgan fingerprint density at radius 3 is 2.74 bits per heavy atom. The van der Waals surface area contributed by atoms with Crippen molar-refractivity contribution in [3.8, 4) is 11.6 Å². The first-order chi connectivity index (χ1) is 11.3. The second kappa shape index (κ2) is 5.81. The predicted molar refractivity (Wildman–Crippen MR) is 89.9 cm³/mol. The molecule has 1 aromatic carbocycles. The van der Waals surface area contributed by atoms with Gasteiger partial charge in [0.25, 0.3) is 0 Å². The van der Waals surface area contributed by atoms with E-state index in [4.69, 9.17) is 4.74 Å². The average Bonchev–Trinajstić information content (AvgIpc) is 3.14. The van der Waals surface area contributed by atoms with Gasteiger partial charge in [-0.15, -0.1) is 0 Å². The molecule has 0 aliphatic heterocycles.